The Kier molecular flexibility index (Phi) is 5.88. The van der Waals surface area contributed by atoms with Gasteiger partial charge in [0.15, 0.2) is 0 Å². The lowest BCUT2D eigenvalue weighted by Gasteiger charge is -2.23. The predicted octanol–water partition coefficient (Wildman–Crippen LogP) is 1.05. The van der Waals surface area contributed by atoms with Crippen molar-refractivity contribution in [2.24, 2.45) is 0 Å². The largest absolute Gasteiger partial charge is 0.315 e. The molecule has 0 aliphatic carbocycles. The zero-order chi connectivity index (χ0) is 13.9. The number of nitro benzene ring substituents is 1. The second-order valence-corrected chi connectivity index (χ2v) is 6.13. The smallest absolute Gasteiger partial charge is 0.269 e. The van der Waals surface area contributed by atoms with Gasteiger partial charge in [-0.3, -0.25) is 10.1 Å². The highest BCUT2D eigenvalue weighted by molar-refractivity contribution is 7.89. The molecule has 2 N–H and O–H groups in total. The fourth-order valence-electron chi connectivity index (χ4n) is 1.99. The molecule has 9 heteroatoms. The standard InChI is InChI=1S/C11H15N3O4S.ClH/c15-14(16)10-3-5-11(6-4-10)19(17,18)13-9-2-1-7-12-8-9;/h3-6,9,12-13H,1-2,7-8H2;1H/t9-;/m0./s1. The van der Waals surface area contributed by atoms with E-state index in [0.29, 0.717) is 6.54 Å². The summed E-state index contributed by atoms with van der Waals surface area (Å²) in [4.78, 5) is 10.00. The predicted molar refractivity (Wildman–Crippen MR) is 76.6 cm³/mol. The van der Waals surface area contributed by atoms with E-state index in [-0.39, 0.29) is 29.0 Å². The van der Waals surface area contributed by atoms with E-state index < -0.39 is 14.9 Å². The summed E-state index contributed by atoms with van der Waals surface area (Å²) >= 11 is 0. The lowest BCUT2D eigenvalue weighted by molar-refractivity contribution is -0.384. The minimum atomic E-state index is -3.61. The van der Waals surface area contributed by atoms with Gasteiger partial charge in [0, 0.05) is 24.7 Å². The van der Waals surface area contributed by atoms with Gasteiger partial charge in [0.05, 0.1) is 9.82 Å². The van der Waals surface area contributed by atoms with Gasteiger partial charge >= 0.3 is 0 Å². The number of hydrogen-bond acceptors (Lipinski definition) is 5. The number of hydrogen-bond donors (Lipinski definition) is 2. The highest BCUT2D eigenvalue weighted by atomic mass is 35.5. The average Bonchev–Trinajstić information content (AvgIpc) is 2.39. The van der Waals surface area contributed by atoms with Crippen molar-refractivity contribution in [3.63, 3.8) is 0 Å². The Hall–Kier alpha value is -1.22. The Labute approximate surface area is 123 Å². The molecule has 112 valence electrons. The van der Waals surface area contributed by atoms with Crippen LogP contribution in [0, 0.1) is 10.1 Å². The molecule has 0 bridgehead atoms. The molecule has 1 aromatic rings. The monoisotopic (exact) mass is 321 g/mol. The van der Waals surface area contributed by atoms with Crippen LogP contribution in [0.2, 0.25) is 0 Å². The van der Waals surface area contributed by atoms with Crippen LogP contribution in [0.1, 0.15) is 12.8 Å². The molecule has 1 fully saturated rings. The van der Waals surface area contributed by atoms with Crippen LogP contribution in [-0.4, -0.2) is 32.5 Å². The van der Waals surface area contributed by atoms with Gasteiger partial charge < -0.3 is 5.32 Å². The molecule has 1 aliphatic rings. The topological polar surface area (TPSA) is 101 Å². The summed E-state index contributed by atoms with van der Waals surface area (Å²) in [5.41, 5.74) is -0.127. The second kappa shape index (κ2) is 6.98. The van der Waals surface area contributed by atoms with Crippen molar-refractivity contribution in [2.45, 2.75) is 23.8 Å². The molecule has 0 radical (unpaired) electrons. The van der Waals surface area contributed by atoms with Crippen molar-refractivity contribution in [2.75, 3.05) is 13.1 Å². The van der Waals surface area contributed by atoms with Crippen molar-refractivity contribution in [3.8, 4) is 0 Å². The average molecular weight is 322 g/mol. The number of sulfonamides is 1. The summed E-state index contributed by atoms with van der Waals surface area (Å²) in [6, 6.07) is 4.74. The van der Waals surface area contributed by atoms with Gasteiger partial charge in [0.25, 0.3) is 5.69 Å². The Morgan fingerprint density at radius 3 is 2.45 bits per heavy atom. The first kappa shape index (κ1) is 16.8. The van der Waals surface area contributed by atoms with Gasteiger partial charge in [-0.05, 0) is 31.5 Å². The minimum absolute atomic E-state index is 0. The Bertz CT molecular complexity index is 556. The molecule has 1 heterocycles. The number of non-ortho nitro benzene ring substituents is 1. The highest BCUT2D eigenvalue weighted by Crippen LogP contribution is 2.16. The zero-order valence-corrected chi connectivity index (χ0v) is 12.2. The van der Waals surface area contributed by atoms with Crippen molar-refractivity contribution in [1.29, 1.82) is 0 Å². The fourth-order valence-corrected chi connectivity index (χ4v) is 3.26. The van der Waals surface area contributed by atoms with E-state index in [0.717, 1.165) is 19.4 Å². The van der Waals surface area contributed by atoms with Crippen LogP contribution < -0.4 is 10.0 Å². The molecular weight excluding hydrogens is 306 g/mol. The lowest BCUT2D eigenvalue weighted by atomic mass is 10.1. The van der Waals surface area contributed by atoms with Crippen LogP contribution in [0.4, 0.5) is 5.69 Å². The van der Waals surface area contributed by atoms with Crippen molar-refractivity contribution in [3.05, 3.63) is 34.4 Å². The van der Waals surface area contributed by atoms with Crippen LogP contribution in [-0.2, 0) is 10.0 Å². The lowest BCUT2D eigenvalue weighted by Crippen LogP contribution is -2.45. The maximum Gasteiger partial charge on any atom is 0.269 e. The normalized spacial score (nSPS) is 19.1. The third-order valence-electron chi connectivity index (χ3n) is 2.98. The Morgan fingerprint density at radius 2 is 1.95 bits per heavy atom. The van der Waals surface area contributed by atoms with Gasteiger partial charge in [-0.15, -0.1) is 12.4 Å². The maximum absolute atomic E-state index is 12.1. The molecule has 0 aromatic heterocycles. The molecule has 1 aliphatic heterocycles. The van der Waals surface area contributed by atoms with E-state index in [4.69, 9.17) is 0 Å². The van der Waals surface area contributed by atoms with E-state index >= 15 is 0 Å². The fraction of sp³-hybridized carbons (Fsp3) is 0.455. The van der Waals surface area contributed by atoms with Crippen LogP contribution in [0.5, 0.6) is 0 Å². The Balaban J connectivity index is 0.00000200. The van der Waals surface area contributed by atoms with E-state index in [2.05, 4.69) is 10.0 Å². The van der Waals surface area contributed by atoms with Gasteiger partial charge in [-0.1, -0.05) is 0 Å². The van der Waals surface area contributed by atoms with Crippen molar-refractivity contribution < 1.29 is 13.3 Å². The quantitative estimate of drug-likeness (QED) is 0.637. The van der Waals surface area contributed by atoms with E-state index in [1.165, 1.54) is 24.3 Å². The summed E-state index contributed by atoms with van der Waals surface area (Å²) < 4.78 is 26.7. The molecule has 0 amide bonds. The molecule has 1 aromatic carbocycles. The van der Waals surface area contributed by atoms with Crippen molar-refractivity contribution in [1.82, 2.24) is 10.0 Å². The molecule has 0 spiro atoms. The number of benzene rings is 1. The highest BCUT2D eigenvalue weighted by Gasteiger charge is 2.22. The van der Waals surface area contributed by atoms with Gasteiger partial charge in [-0.2, -0.15) is 0 Å². The van der Waals surface area contributed by atoms with Gasteiger partial charge in [-0.25, -0.2) is 13.1 Å². The zero-order valence-electron chi connectivity index (χ0n) is 10.6. The molecule has 1 atom stereocenters. The number of piperidine rings is 1. The summed E-state index contributed by atoms with van der Waals surface area (Å²) in [5.74, 6) is 0. The third-order valence-corrected chi connectivity index (χ3v) is 4.51. The summed E-state index contributed by atoms with van der Waals surface area (Å²) in [6.45, 7) is 1.50. The number of halogens is 1. The molecule has 1 saturated heterocycles. The number of nitrogens with zero attached hydrogens (tertiary/aromatic N) is 1. The minimum Gasteiger partial charge on any atom is -0.315 e. The van der Waals surface area contributed by atoms with Crippen LogP contribution in [0.25, 0.3) is 0 Å². The molecule has 0 unspecified atom stereocenters. The van der Waals surface area contributed by atoms with E-state index in [1.54, 1.807) is 0 Å². The first-order valence-corrected chi connectivity index (χ1v) is 7.45. The van der Waals surface area contributed by atoms with Gasteiger partial charge in [0.1, 0.15) is 0 Å². The SMILES string of the molecule is Cl.O=[N+]([O-])c1ccc(S(=O)(=O)N[C@H]2CCCNC2)cc1. The van der Waals surface area contributed by atoms with E-state index in [9.17, 15) is 18.5 Å². The number of rotatable bonds is 4. The number of nitro groups is 1. The molecule has 7 nitrogen and oxygen atoms in total. The van der Waals surface area contributed by atoms with Gasteiger partial charge in [0.2, 0.25) is 10.0 Å². The summed E-state index contributed by atoms with van der Waals surface area (Å²) in [6.07, 6.45) is 1.71. The summed E-state index contributed by atoms with van der Waals surface area (Å²) in [5, 5.41) is 13.6. The third kappa shape index (κ3) is 4.14. The molecule has 0 saturated carbocycles. The summed E-state index contributed by atoms with van der Waals surface area (Å²) in [7, 11) is -3.61. The number of nitrogens with one attached hydrogen (secondary N) is 2. The van der Waals surface area contributed by atoms with E-state index in [1.807, 2.05) is 0 Å². The van der Waals surface area contributed by atoms with Crippen LogP contribution >= 0.6 is 12.4 Å². The van der Waals surface area contributed by atoms with Crippen molar-refractivity contribution >= 4 is 28.1 Å². The second-order valence-electron chi connectivity index (χ2n) is 4.42. The maximum atomic E-state index is 12.1. The molecule has 20 heavy (non-hydrogen) atoms. The van der Waals surface area contributed by atoms with Crippen LogP contribution in [0.3, 0.4) is 0 Å². The van der Waals surface area contributed by atoms with Crippen LogP contribution in [0.15, 0.2) is 29.2 Å². The molecule has 2 rings (SSSR count). The first-order chi connectivity index (χ1) is 8.99. The Morgan fingerprint density at radius 1 is 1.30 bits per heavy atom. The first-order valence-electron chi connectivity index (χ1n) is 5.96. The molecular formula is C11H16ClN3O4S.